The van der Waals surface area contributed by atoms with Crippen LogP contribution in [0.5, 0.6) is 0 Å². The van der Waals surface area contributed by atoms with Crippen LogP contribution in [0.2, 0.25) is 0 Å². The maximum Gasteiger partial charge on any atom is -0.0564 e. The molecule has 0 atom stereocenters. The lowest BCUT2D eigenvalue weighted by molar-refractivity contribution is 0.886. The Morgan fingerprint density at radius 3 is 1.17 bits per heavy atom. The molecule has 0 fully saturated rings. The summed E-state index contributed by atoms with van der Waals surface area (Å²) in [5, 5.41) is 0. The second kappa shape index (κ2) is 17.4. The lowest BCUT2D eigenvalue weighted by atomic mass is 10.4. The molecule has 0 heterocycles. The van der Waals surface area contributed by atoms with Crippen molar-refractivity contribution in [2.24, 2.45) is 0 Å². The Labute approximate surface area is 55.7 Å². The summed E-state index contributed by atoms with van der Waals surface area (Å²) in [4.78, 5) is 0. The maximum atomic E-state index is 2.18. The molecule has 0 aliphatic rings. The van der Waals surface area contributed by atoms with Crippen LogP contribution in [0, 0.1) is 0 Å². The molecule has 0 bridgehead atoms. The van der Waals surface area contributed by atoms with Crippen molar-refractivity contribution in [3.63, 3.8) is 0 Å². The Hall–Kier alpha value is 0.660. The van der Waals surface area contributed by atoms with Gasteiger partial charge in [-0.05, 0) is 0 Å². The predicted octanol–water partition coefficient (Wildman–Crippen LogP) is 2.58. The largest absolute Gasteiger partial charge is 0.269 e. The first-order valence-electron chi connectivity index (χ1n) is 1.91. The highest BCUT2D eigenvalue weighted by atomic mass is 127. The van der Waals surface area contributed by atoms with Crippen molar-refractivity contribution in [2.75, 3.05) is 0 Å². The van der Waals surface area contributed by atoms with Crippen LogP contribution < -0.4 is 0 Å². The average Bonchev–Trinajstić information content (AvgIpc) is 1.37. The minimum atomic E-state index is 0. The van der Waals surface area contributed by atoms with Gasteiger partial charge in [-0.15, -0.1) is 24.0 Å². The van der Waals surface area contributed by atoms with E-state index in [4.69, 9.17) is 0 Å². The summed E-state index contributed by atoms with van der Waals surface area (Å²) in [5.41, 5.74) is 0. The van der Waals surface area contributed by atoms with Gasteiger partial charge in [0, 0.05) is 0 Å². The van der Waals surface area contributed by atoms with Gasteiger partial charge in [-0.25, -0.2) is 0 Å². The summed E-state index contributed by atoms with van der Waals surface area (Å²) in [7, 11) is 0. The normalized spacial score (nSPS) is 5.00. The van der Waals surface area contributed by atoms with Crippen LogP contribution in [0.25, 0.3) is 0 Å². The molecule has 2 heteroatoms. The molecule has 0 aliphatic heterocycles. The topological polar surface area (TPSA) is 0 Å². The number of rotatable bonds is 1. The summed E-state index contributed by atoms with van der Waals surface area (Å²) in [5.74, 6) is 0. The maximum absolute atomic E-state index is 2.18. The second-order valence-electron chi connectivity index (χ2n) is 1.000. The zero-order chi connectivity index (χ0) is 3.41. The molecule has 0 aliphatic carbocycles. The molecule has 0 nitrogen and oxygen atoms in total. The van der Waals surface area contributed by atoms with Crippen LogP contribution in [0.1, 0.15) is 26.7 Å². The first-order chi connectivity index (χ1) is 1.91. The van der Waals surface area contributed by atoms with Gasteiger partial charge in [0.15, 0.2) is 0 Å². The number of hydrogen-bond donors (Lipinski definition) is 0. The third kappa shape index (κ3) is 22.7. The van der Waals surface area contributed by atoms with E-state index in [9.17, 15) is 0 Å². The molecule has 0 radical (unpaired) electrons. The van der Waals surface area contributed by atoms with Gasteiger partial charge in [0.25, 0.3) is 0 Å². The highest BCUT2D eigenvalue weighted by molar-refractivity contribution is 14.0. The van der Waals surface area contributed by atoms with Crippen molar-refractivity contribution in [3.05, 3.63) is 0 Å². The highest BCUT2D eigenvalue weighted by Crippen LogP contribution is 1.76. The zero-order valence-corrected chi connectivity index (χ0v) is 6.56. The number of hydrogen-bond acceptors (Lipinski definition) is 0. The number of halogens is 2. The quantitative estimate of drug-likeness (QED) is 0.578. The fourth-order valence-electron chi connectivity index (χ4n) is 0. The molecule has 0 unspecified atom stereocenters. The van der Waals surface area contributed by atoms with Crippen molar-refractivity contribution < 1.29 is 4.70 Å². The lowest BCUT2D eigenvalue weighted by Crippen LogP contribution is -1.47. The Morgan fingerprint density at radius 2 is 1.17 bits per heavy atom. The van der Waals surface area contributed by atoms with Crippen molar-refractivity contribution in [1.82, 2.24) is 0 Å². The minimum Gasteiger partial charge on any atom is -0.269 e. The molecule has 0 N–H and O–H groups in total. The molecule has 0 aromatic carbocycles. The smallest absolute Gasteiger partial charge is 0.0564 e. The molecular weight excluding hydrogens is 194 g/mol. The molecular formula is C4H12FI. The van der Waals surface area contributed by atoms with Crippen molar-refractivity contribution >= 4 is 24.0 Å². The van der Waals surface area contributed by atoms with E-state index in [-0.39, 0.29) is 28.7 Å². The van der Waals surface area contributed by atoms with Crippen LogP contribution in [0.15, 0.2) is 0 Å². The summed E-state index contributed by atoms with van der Waals surface area (Å²) in [6.45, 7) is 4.36. The van der Waals surface area contributed by atoms with E-state index in [1.807, 2.05) is 0 Å². The Bertz CT molecular complexity index is 9.51. The van der Waals surface area contributed by atoms with E-state index in [1.165, 1.54) is 12.8 Å². The van der Waals surface area contributed by atoms with Gasteiger partial charge < -0.3 is 0 Å². The van der Waals surface area contributed by atoms with Gasteiger partial charge in [0.05, 0.1) is 0 Å². The Morgan fingerprint density at radius 1 is 1.00 bits per heavy atom. The van der Waals surface area contributed by atoms with Crippen LogP contribution in [-0.2, 0) is 0 Å². The molecule has 0 rings (SSSR count). The number of unbranched alkanes of at least 4 members (excludes halogenated alkanes) is 1. The Kier molecular flexibility index (Phi) is 46.1. The van der Waals surface area contributed by atoms with E-state index in [2.05, 4.69) is 13.8 Å². The summed E-state index contributed by atoms with van der Waals surface area (Å²) in [6.07, 6.45) is 2.64. The fourth-order valence-corrected chi connectivity index (χ4v) is 0. The first kappa shape index (κ1) is 15.9. The zero-order valence-electron chi connectivity index (χ0n) is 4.23. The van der Waals surface area contributed by atoms with Gasteiger partial charge in [-0.3, -0.25) is 4.70 Å². The van der Waals surface area contributed by atoms with E-state index in [0.717, 1.165) is 0 Å². The van der Waals surface area contributed by atoms with Gasteiger partial charge >= 0.3 is 0 Å². The van der Waals surface area contributed by atoms with E-state index in [0.29, 0.717) is 0 Å². The average molecular weight is 206 g/mol. The summed E-state index contributed by atoms with van der Waals surface area (Å²) >= 11 is 0. The third-order valence-electron chi connectivity index (χ3n) is 0.500. The van der Waals surface area contributed by atoms with Crippen LogP contribution in [0.4, 0.5) is 4.70 Å². The molecule has 0 spiro atoms. The molecule has 6 heavy (non-hydrogen) atoms. The Balaban J connectivity index is -0.0000000450. The van der Waals surface area contributed by atoms with E-state index < -0.39 is 0 Å². The SMILES string of the molecule is CCCC.F.I. The highest BCUT2D eigenvalue weighted by Gasteiger charge is 1.56. The minimum absolute atomic E-state index is 0. The van der Waals surface area contributed by atoms with Gasteiger partial charge in [-0.1, -0.05) is 26.7 Å². The molecule has 42 valence electrons. The molecule has 0 aromatic rings. The first-order valence-corrected chi connectivity index (χ1v) is 1.91. The van der Waals surface area contributed by atoms with Crippen LogP contribution in [-0.4, -0.2) is 0 Å². The molecule has 0 amide bonds. The lowest BCUT2D eigenvalue weighted by Gasteiger charge is -1.68. The van der Waals surface area contributed by atoms with Crippen molar-refractivity contribution in [3.8, 4) is 0 Å². The fraction of sp³-hybridized carbons (Fsp3) is 1.00. The van der Waals surface area contributed by atoms with E-state index >= 15 is 0 Å². The predicted molar refractivity (Wildman–Crippen MR) is 38.5 cm³/mol. The summed E-state index contributed by atoms with van der Waals surface area (Å²) < 4.78 is 0. The standard InChI is InChI=1S/C4H10.FH.HI/c1-3-4-2;;/h3-4H2,1-2H3;2*1H. The molecule has 0 aromatic heterocycles. The van der Waals surface area contributed by atoms with Gasteiger partial charge in [0.1, 0.15) is 0 Å². The van der Waals surface area contributed by atoms with Crippen LogP contribution >= 0.6 is 24.0 Å². The second-order valence-corrected chi connectivity index (χ2v) is 1.000. The molecule has 0 saturated carbocycles. The van der Waals surface area contributed by atoms with Crippen molar-refractivity contribution in [1.29, 1.82) is 0 Å². The summed E-state index contributed by atoms with van der Waals surface area (Å²) in [6, 6.07) is 0. The molecule has 0 saturated heterocycles. The monoisotopic (exact) mass is 206 g/mol. The van der Waals surface area contributed by atoms with E-state index in [1.54, 1.807) is 0 Å². The van der Waals surface area contributed by atoms with Crippen LogP contribution in [0.3, 0.4) is 0 Å². The van der Waals surface area contributed by atoms with Gasteiger partial charge in [0.2, 0.25) is 0 Å². The third-order valence-corrected chi connectivity index (χ3v) is 0.500. The van der Waals surface area contributed by atoms with Crippen molar-refractivity contribution in [2.45, 2.75) is 26.7 Å². The van der Waals surface area contributed by atoms with Gasteiger partial charge in [-0.2, -0.15) is 0 Å².